The van der Waals surface area contributed by atoms with E-state index in [1.165, 1.54) is 6.07 Å². The number of aromatic carboxylic acids is 1. The van der Waals surface area contributed by atoms with Crippen LogP contribution in [-0.2, 0) is 0 Å². The Bertz CT molecular complexity index is 827. The molecule has 0 bridgehead atoms. The largest absolute Gasteiger partial charge is 0.478 e. The standard InChI is InChI=1S/C14H8Cl2N2O2/c15-11-6-8(3-4-10(11)14(19)20)18-7-12(16)9-2-1-5-17-13(9)18/h1-7H,(H,19,20). The maximum Gasteiger partial charge on any atom is 0.337 e. The predicted octanol–water partition coefficient (Wildman–Crippen LogP) is 4.03. The fraction of sp³-hybridized carbons (Fsp3) is 0. The number of hydrogen-bond acceptors (Lipinski definition) is 2. The van der Waals surface area contributed by atoms with Gasteiger partial charge in [0.15, 0.2) is 0 Å². The van der Waals surface area contributed by atoms with Crippen molar-refractivity contribution < 1.29 is 9.90 Å². The first kappa shape index (κ1) is 13.0. The number of nitrogens with zero attached hydrogens (tertiary/aromatic N) is 2. The van der Waals surface area contributed by atoms with Crippen LogP contribution >= 0.6 is 23.2 Å². The first-order valence-electron chi connectivity index (χ1n) is 5.72. The summed E-state index contributed by atoms with van der Waals surface area (Å²) in [5, 5.41) is 10.6. The summed E-state index contributed by atoms with van der Waals surface area (Å²) in [4.78, 5) is 15.2. The van der Waals surface area contributed by atoms with Crippen molar-refractivity contribution in [1.82, 2.24) is 9.55 Å². The molecule has 0 aliphatic carbocycles. The van der Waals surface area contributed by atoms with Crippen molar-refractivity contribution in [2.24, 2.45) is 0 Å². The highest BCUT2D eigenvalue weighted by molar-refractivity contribution is 6.35. The van der Waals surface area contributed by atoms with Crippen molar-refractivity contribution >= 4 is 40.2 Å². The second kappa shape index (κ2) is 4.81. The molecule has 0 fully saturated rings. The molecule has 1 N–H and O–H groups in total. The Hall–Kier alpha value is -2.04. The minimum absolute atomic E-state index is 0.0611. The minimum Gasteiger partial charge on any atom is -0.478 e. The molecular formula is C14H8Cl2N2O2. The Balaban J connectivity index is 2.21. The van der Waals surface area contributed by atoms with Crippen LogP contribution in [0.1, 0.15) is 10.4 Å². The van der Waals surface area contributed by atoms with Crippen LogP contribution in [0.2, 0.25) is 10.0 Å². The first-order valence-corrected chi connectivity index (χ1v) is 6.48. The van der Waals surface area contributed by atoms with Crippen molar-refractivity contribution in [2.75, 3.05) is 0 Å². The van der Waals surface area contributed by atoms with E-state index in [9.17, 15) is 4.79 Å². The Labute approximate surface area is 124 Å². The van der Waals surface area contributed by atoms with Gasteiger partial charge in [-0.25, -0.2) is 9.78 Å². The van der Waals surface area contributed by atoms with Gasteiger partial charge in [0.25, 0.3) is 0 Å². The predicted molar refractivity (Wildman–Crippen MR) is 78.0 cm³/mol. The van der Waals surface area contributed by atoms with Gasteiger partial charge in [0.1, 0.15) is 5.65 Å². The number of aromatic nitrogens is 2. The molecule has 100 valence electrons. The summed E-state index contributed by atoms with van der Waals surface area (Å²) < 4.78 is 1.77. The van der Waals surface area contributed by atoms with E-state index in [1.54, 1.807) is 35.2 Å². The lowest BCUT2D eigenvalue weighted by atomic mass is 10.2. The number of benzene rings is 1. The van der Waals surface area contributed by atoms with Gasteiger partial charge in [-0.2, -0.15) is 0 Å². The molecule has 6 heteroatoms. The summed E-state index contributed by atoms with van der Waals surface area (Å²) in [7, 11) is 0. The van der Waals surface area contributed by atoms with Crippen LogP contribution in [0.25, 0.3) is 16.7 Å². The molecule has 2 heterocycles. The number of fused-ring (bicyclic) bond motifs is 1. The van der Waals surface area contributed by atoms with E-state index >= 15 is 0 Å². The monoisotopic (exact) mass is 306 g/mol. The lowest BCUT2D eigenvalue weighted by Gasteiger charge is -2.06. The second-order valence-corrected chi connectivity index (χ2v) is 5.01. The molecule has 3 rings (SSSR count). The maximum atomic E-state index is 11.0. The van der Waals surface area contributed by atoms with Crippen molar-refractivity contribution in [1.29, 1.82) is 0 Å². The minimum atomic E-state index is -1.06. The maximum absolute atomic E-state index is 11.0. The van der Waals surface area contributed by atoms with Gasteiger partial charge < -0.3 is 5.11 Å². The van der Waals surface area contributed by atoms with Gasteiger partial charge in [-0.3, -0.25) is 4.57 Å². The van der Waals surface area contributed by atoms with E-state index in [0.29, 0.717) is 16.4 Å². The van der Waals surface area contributed by atoms with Crippen LogP contribution < -0.4 is 0 Å². The zero-order valence-electron chi connectivity index (χ0n) is 10.0. The van der Waals surface area contributed by atoms with Crippen LogP contribution in [0.15, 0.2) is 42.7 Å². The first-order chi connectivity index (χ1) is 9.58. The average molecular weight is 307 g/mol. The number of rotatable bonds is 2. The molecule has 2 aromatic heterocycles. The molecule has 0 unspecified atom stereocenters. The highest BCUT2D eigenvalue weighted by Crippen LogP contribution is 2.28. The SMILES string of the molecule is O=C(O)c1ccc(-n2cc(Cl)c3cccnc32)cc1Cl. The highest BCUT2D eigenvalue weighted by Gasteiger charge is 2.13. The molecule has 0 radical (unpaired) electrons. The molecule has 0 saturated carbocycles. The van der Waals surface area contributed by atoms with Crippen LogP contribution in [0, 0.1) is 0 Å². The van der Waals surface area contributed by atoms with E-state index in [2.05, 4.69) is 4.98 Å². The Morgan fingerprint density at radius 1 is 1.20 bits per heavy atom. The van der Waals surface area contributed by atoms with Crippen molar-refractivity contribution in [3.63, 3.8) is 0 Å². The topological polar surface area (TPSA) is 55.1 Å². The molecule has 0 saturated heterocycles. The lowest BCUT2D eigenvalue weighted by molar-refractivity contribution is 0.0697. The summed E-state index contributed by atoms with van der Waals surface area (Å²) >= 11 is 12.1. The normalized spacial score (nSPS) is 10.9. The molecule has 0 atom stereocenters. The van der Waals surface area contributed by atoms with Gasteiger partial charge in [0, 0.05) is 23.5 Å². The van der Waals surface area contributed by atoms with E-state index in [1.807, 2.05) is 6.07 Å². The number of carbonyl (C=O) groups is 1. The summed E-state index contributed by atoms with van der Waals surface area (Å²) in [6.07, 6.45) is 3.40. The summed E-state index contributed by atoms with van der Waals surface area (Å²) in [5.74, 6) is -1.06. The van der Waals surface area contributed by atoms with Crippen molar-refractivity contribution in [3.8, 4) is 5.69 Å². The third kappa shape index (κ3) is 2.03. The van der Waals surface area contributed by atoms with Crippen LogP contribution in [0.5, 0.6) is 0 Å². The van der Waals surface area contributed by atoms with Crippen molar-refractivity contribution in [3.05, 3.63) is 58.3 Å². The van der Waals surface area contributed by atoms with Gasteiger partial charge in [0.2, 0.25) is 0 Å². The van der Waals surface area contributed by atoms with E-state index in [0.717, 1.165) is 5.39 Å². The Morgan fingerprint density at radius 2 is 2.00 bits per heavy atom. The Kier molecular flexibility index (Phi) is 3.12. The highest BCUT2D eigenvalue weighted by atomic mass is 35.5. The number of carboxylic acids is 1. The molecule has 0 aliphatic heterocycles. The number of carboxylic acid groups (broad SMARTS) is 1. The van der Waals surface area contributed by atoms with Gasteiger partial charge in [-0.05, 0) is 30.3 Å². The zero-order valence-corrected chi connectivity index (χ0v) is 11.6. The third-order valence-electron chi connectivity index (χ3n) is 2.98. The fourth-order valence-corrected chi connectivity index (χ4v) is 2.54. The van der Waals surface area contributed by atoms with E-state index in [-0.39, 0.29) is 10.6 Å². The van der Waals surface area contributed by atoms with Gasteiger partial charge in [-0.1, -0.05) is 23.2 Å². The van der Waals surface area contributed by atoms with Gasteiger partial charge >= 0.3 is 5.97 Å². The molecule has 0 spiro atoms. The zero-order chi connectivity index (χ0) is 14.3. The number of hydrogen-bond donors (Lipinski definition) is 1. The van der Waals surface area contributed by atoms with Crippen LogP contribution in [-0.4, -0.2) is 20.6 Å². The van der Waals surface area contributed by atoms with E-state index < -0.39 is 5.97 Å². The van der Waals surface area contributed by atoms with Crippen molar-refractivity contribution in [2.45, 2.75) is 0 Å². The fourth-order valence-electron chi connectivity index (χ4n) is 2.04. The molecule has 4 nitrogen and oxygen atoms in total. The average Bonchev–Trinajstić information content (AvgIpc) is 2.76. The second-order valence-electron chi connectivity index (χ2n) is 4.19. The quantitative estimate of drug-likeness (QED) is 0.777. The van der Waals surface area contributed by atoms with Crippen LogP contribution in [0.4, 0.5) is 0 Å². The molecular weight excluding hydrogens is 299 g/mol. The molecule has 0 amide bonds. The summed E-state index contributed by atoms with van der Waals surface area (Å²) in [5.41, 5.74) is 1.46. The summed E-state index contributed by atoms with van der Waals surface area (Å²) in [6, 6.07) is 8.38. The van der Waals surface area contributed by atoms with Gasteiger partial charge in [0.05, 0.1) is 15.6 Å². The van der Waals surface area contributed by atoms with Gasteiger partial charge in [-0.15, -0.1) is 0 Å². The molecule has 20 heavy (non-hydrogen) atoms. The summed E-state index contributed by atoms with van der Waals surface area (Å²) in [6.45, 7) is 0. The Morgan fingerprint density at radius 3 is 2.70 bits per heavy atom. The third-order valence-corrected chi connectivity index (χ3v) is 3.59. The molecule has 1 aromatic carbocycles. The van der Waals surface area contributed by atoms with E-state index in [4.69, 9.17) is 28.3 Å². The smallest absolute Gasteiger partial charge is 0.337 e. The molecule has 0 aliphatic rings. The molecule has 3 aromatic rings. The number of halogens is 2. The lowest BCUT2D eigenvalue weighted by Crippen LogP contribution is -1.99. The number of pyridine rings is 1. The van der Waals surface area contributed by atoms with Crippen LogP contribution in [0.3, 0.4) is 0 Å².